The van der Waals surface area contributed by atoms with E-state index >= 15 is 0 Å². The van der Waals surface area contributed by atoms with E-state index in [1.54, 1.807) is 18.2 Å². The maximum Gasteiger partial charge on any atom is 0.148 e. The van der Waals surface area contributed by atoms with Crippen LogP contribution >= 0.6 is 0 Å². The highest BCUT2D eigenvalue weighted by atomic mass is 19.1. The number of ether oxygens (including phenoxy) is 1. The second kappa shape index (κ2) is 6.41. The third kappa shape index (κ3) is 4.85. The summed E-state index contributed by atoms with van der Waals surface area (Å²) in [5, 5.41) is 0. The van der Waals surface area contributed by atoms with E-state index in [4.69, 9.17) is 4.74 Å². The Labute approximate surface area is 86.0 Å². The Bertz CT molecular complexity index is 237. The third-order valence-electron chi connectivity index (χ3n) is 1.53. The topological polar surface area (TPSA) is 9.23 Å². The lowest BCUT2D eigenvalue weighted by Crippen LogP contribution is -2.10. The molecule has 0 fully saturated rings. The van der Waals surface area contributed by atoms with Gasteiger partial charge in [0.05, 0.1) is 6.61 Å². The first kappa shape index (κ1) is 12.9. The molecule has 0 aromatic rings. The molecule has 0 saturated carbocycles. The van der Waals surface area contributed by atoms with Crippen LogP contribution < -0.4 is 0 Å². The van der Waals surface area contributed by atoms with Gasteiger partial charge in [0.15, 0.2) is 0 Å². The molecule has 1 rings (SSSR count). The van der Waals surface area contributed by atoms with Crippen molar-refractivity contribution in [3.8, 4) is 0 Å². The third-order valence-corrected chi connectivity index (χ3v) is 1.53. The van der Waals surface area contributed by atoms with Gasteiger partial charge in [-0.2, -0.15) is 0 Å². The number of allylic oxidation sites excluding steroid dienone is 5. The van der Waals surface area contributed by atoms with Gasteiger partial charge in [-0.25, -0.2) is 4.39 Å². The summed E-state index contributed by atoms with van der Waals surface area (Å²) in [6, 6.07) is 0. The quantitative estimate of drug-likeness (QED) is 0.656. The largest absolute Gasteiger partial charge is 0.494 e. The Hall–Kier alpha value is -1.05. The van der Waals surface area contributed by atoms with Crippen molar-refractivity contribution in [1.29, 1.82) is 0 Å². The second-order valence-electron chi connectivity index (χ2n) is 2.85. The van der Waals surface area contributed by atoms with Crippen LogP contribution in [0.5, 0.6) is 0 Å². The minimum Gasteiger partial charge on any atom is -0.494 e. The molecule has 0 spiro atoms. The van der Waals surface area contributed by atoms with Gasteiger partial charge in [-0.15, -0.1) is 0 Å². The number of hydrogen-bond acceptors (Lipinski definition) is 1. The molecule has 1 atom stereocenters. The van der Waals surface area contributed by atoms with Crippen molar-refractivity contribution >= 4 is 0 Å². The highest BCUT2D eigenvalue weighted by Gasteiger charge is 2.17. The van der Waals surface area contributed by atoms with Gasteiger partial charge in [0.25, 0.3) is 0 Å². The van der Waals surface area contributed by atoms with Gasteiger partial charge in [0.2, 0.25) is 0 Å². The zero-order valence-corrected chi connectivity index (χ0v) is 9.38. The van der Waals surface area contributed by atoms with Crippen molar-refractivity contribution in [2.75, 3.05) is 6.61 Å². The molecule has 1 aliphatic carbocycles. The van der Waals surface area contributed by atoms with E-state index in [1.165, 1.54) is 19.1 Å². The molecule has 0 bridgehead atoms. The Morgan fingerprint density at radius 1 is 1.36 bits per heavy atom. The fraction of sp³-hybridized carbons (Fsp3) is 0.500. The summed E-state index contributed by atoms with van der Waals surface area (Å²) in [5.74, 6) is 0.590. The second-order valence-corrected chi connectivity index (χ2v) is 2.85. The van der Waals surface area contributed by atoms with Gasteiger partial charge in [0, 0.05) is 0 Å². The normalized spacial score (nSPS) is 24.5. The lowest BCUT2D eigenvalue weighted by Gasteiger charge is -2.10. The first-order chi connectivity index (χ1) is 6.64. The lowest BCUT2D eigenvalue weighted by atomic mass is 10.1. The van der Waals surface area contributed by atoms with Crippen LogP contribution in [0.2, 0.25) is 0 Å². The summed E-state index contributed by atoms with van der Waals surface area (Å²) < 4.78 is 18.6. The molecule has 80 valence electrons. The van der Waals surface area contributed by atoms with Crippen LogP contribution in [-0.4, -0.2) is 12.3 Å². The van der Waals surface area contributed by atoms with E-state index in [0.29, 0.717) is 12.4 Å². The molecular weight excluding hydrogens is 179 g/mol. The molecule has 1 unspecified atom stereocenters. The highest BCUT2D eigenvalue weighted by Crippen LogP contribution is 2.20. The van der Waals surface area contributed by atoms with Gasteiger partial charge in [-0.1, -0.05) is 26.0 Å². The van der Waals surface area contributed by atoms with Crippen molar-refractivity contribution in [1.82, 2.24) is 0 Å². The van der Waals surface area contributed by atoms with Crippen LogP contribution in [0.4, 0.5) is 4.39 Å². The summed E-state index contributed by atoms with van der Waals surface area (Å²) in [6.07, 6.45) is 8.17. The molecule has 0 N–H and O–H groups in total. The molecule has 0 amide bonds. The molecule has 2 heteroatoms. The monoisotopic (exact) mass is 198 g/mol. The van der Waals surface area contributed by atoms with Crippen molar-refractivity contribution in [3.63, 3.8) is 0 Å². The summed E-state index contributed by atoms with van der Waals surface area (Å²) in [4.78, 5) is 0. The minimum absolute atomic E-state index is 0.562. The molecule has 1 nitrogen and oxygen atoms in total. The maximum atomic E-state index is 13.4. The number of hydrogen-bond donors (Lipinski definition) is 0. The van der Waals surface area contributed by atoms with Gasteiger partial charge in [-0.3, -0.25) is 0 Å². The Kier molecular flexibility index (Phi) is 5.93. The van der Waals surface area contributed by atoms with E-state index in [1.807, 2.05) is 20.8 Å². The zero-order valence-electron chi connectivity index (χ0n) is 9.38. The lowest BCUT2D eigenvalue weighted by molar-refractivity contribution is 0.230. The standard InChI is InChI=1S/C10H13FO.C2H6/c1-3-12-9-6-4-5-7-10(2,11)8-9;1-2/h4-8H,3H2,1-2H3;1-2H3. The van der Waals surface area contributed by atoms with Gasteiger partial charge in [-0.05, 0) is 32.1 Å². The Balaban J connectivity index is 0.000000791. The van der Waals surface area contributed by atoms with Crippen molar-refractivity contribution in [2.24, 2.45) is 0 Å². The first-order valence-electron chi connectivity index (χ1n) is 5.04. The van der Waals surface area contributed by atoms with Crippen LogP contribution in [0.25, 0.3) is 0 Å². The molecule has 0 aromatic heterocycles. The van der Waals surface area contributed by atoms with E-state index in [9.17, 15) is 4.39 Å². The van der Waals surface area contributed by atoms with Crippen molar-refractivity contribution < 1.29 is 9.13 Å². The fourth-order valence-electron chi connectivity index (χ4n) is 1.02. The van der Waals surface area contributed by atoms with E-state index in [-0.39, 0.29) is 0 Å². The summed E-state index contributed by atoms with van der Waals surface area (Å²) in [6.45, 7) is 7.93. The zero-order chi connectivity index (χ0) is 11.0. The van der Waals surface area contributed by atoms with Crippen molar-refractivity contribution in [3.05, 3.63) is 36.1 Å². The molecular formula is C12H19FO. The van der Waals surface area contributed by atoms with Crippen molar-refractivity contribution in [2.45, 2.75) is 33.4 Å². The Morgan fingerprint density at radius 3 is 2.57 bits per heavy atom. The number of alkyl halides is 1. The highest BCUT2D eigenvalue weighted by molar-refractivity contribution is 5.29. The number of halogens is 1. The molecule has 0 aromatic carbocycles. The fourth-order valence-corrected chi connectivity index (χ4v) is 1.02. The van der Waals surface area contributed by atoms with Crippen LogP contribution in [-0.2, 0) is 4.74 Å². The van der Waals surface area contributed by atoms with Crippen LogP contribution in [0, 0.1) is 0 Å². The molecule has 0 aliphatic heterocycles. The maximum absolute atomic E-state index is 13.4. The molecule has 1 aliphatic rings. The van der Waals surface area contributed by atoms with E-state index < -0.39 is 5.67 Å². The summed E-state index contributed by atoms with van der Waals surface area (Å²) in [5.41, 5.74) is -1.39. The van der Waals surface area contributed by atoms with Gasteiger partial charge < -0.3 is 4.74 Å². The molecule has 0 heterocycles. The molecule has 0 radical (unpaired) electrons. The Morgan fingerprint density at radius 2 is 2.00 bits per heavy atom. The summed E-state index contributed by atoms with van der Waals surface area (Å²) in [7, 11) is 0. The molecule has 0 saturated heterocycles. The van der Waals surface area contributed by atoms with E-state index in [0.717, 1.165) is 0 Å². The van der Waals surface area contributed by atoms with Crippen LogP contribution in [0.15, 0.2) is 36.1 Å². The van der Waals surface area contributed by atoms with Gasteiger partial charge >= 0.3 is 0 Å². The van der Waals surface area contributed by atoms with Crippen LogP contribution in [0.1, 0.15) is 27.7 Å². The average Bonchev–Trinajstić information content (AvgIpc) is 2.30. The minimum atomic E-state index is -1.39. The predicted octanol–water partition coefficient (Wildman–Crippen LogP) is 3.79. The SMILES string of the molecule is CC.CCOC1=CC(C)(F)C=CC=C1. The summed E-state index contributed by atoms with van der Waals surface area (Å²) >= 11 is 0. The first-order valence-corrected chi connectivity index (χ1v) is 5.04. The van der Waals surface area contributed by atoms with E-state index in [2.05, 4.69) is 0 Å². The smallest absolute Gasteiger partial charge is 0.148 e. The van der Waals surface area contributed by atoms with Crippen LogP contribution in [0.3, 0.4) is 0 Å². The van der Waals surface area contributed by atoms with Gasteiger partial charge in [0.1, 0.15) is 11.4 Å². The number of rotatable bonds is 2. The predicted molar refractivity (Wildman–Crippen MR) is 58.9 cm³/mol. The average molecular weight is 198 g/mol. The molecule has 14 heavy (non-hydrogen) atoms.